The van der Waals surface area contributed by atoms with Crippen LogP contribution >= 0.6 is 11.8 Å². The van der Waals surface area contributed by atoms with Crippen molar-refractivity contribution in [3.63, 3.8) is 0 Å². The van der Waals surface area contributed by atoms with Crippen molar-refractivity contribution in [3.8, 4) is 11.5 Å². The molecule has 1 heterocycles. The van der Waals surface area contributed by atoms with Gasteiger partial charge in [-0.3, -0.25) is 9.69 Å². The van der Waals surface area contributed by atoms with Crippen molar-refractivity contribution in [1.82, 2.24) is 4.90 Å². The molecule has 0 unspecified atom stereocenters. The third kappa shape index (κ3) is 6.12. The van der Waals surface area contributed by atoms with Gasteiger partial charge in [0.1, 0.15) is 6.61 Å². The lowest BCUT2D eigenvalue weighted by atomic mass is 9.85. The van der Waals surface area contributed by atoms with E-state index in [4.69, 9.17) is 14.5 Å². The number of hydrogen-bond acceptors (Lipinski definition) is 5. The summed E-state index contributed by atoms with van der Waals surface area (Å²) in [6.45, 7) is 9.08. The Balaban J connectivity index is 1.41. The van der Waals surface area contributed by atoms with Crippen LogP contribution in [0.3, 0.4) is 0 Å². The van der Waals surface area contributed by atoms with Gasteiger partial charge in [-0.05, 0) is 104 Å². The van der Waals surface area contributed by atoms with Gasteiger partial charge in [-0.1, -0.05) is 61.7 Å². The van der Waals surface area contributed by atoms with Crippen molar-refractivity contribution in [2.75, 3.05) is 7.11 Å². The van der Waals surface area contributed by atoms with Crippen LogP contribution in [0.2, 0.25) is 0 Å². The lowest BCUT2D eigenvalue weighted by molar-refractivity contribution is -0.124. The van der Waals surface area contributed by atoms with Gasteiger partial charge in [0.2, 0.25) is 0 Å². The molecule has 3 aromatic carbocycles. The molecule has 0 N–H and O–H groups in total. The van der Waals surface area contributed by atoms with Gasteiger partial charge in [0.25, 0.3) is 5.91 Å². The minimum Gasteiger partial charge on any atom is -0.493 e. The van der Waals surface area contributed by atoms with Crippen molar-refractivity contribution in [3.05, 3.63) is 93.4 Å². The molecule has 1 amide bonds. The van der Waals surface area contributed by atoms with E-state index in [0.29, 0.717) is 28.9 Å². The van der Waals surface area contributed by atoms with E-state index >= 15 is 0 Å². The summed E-state index contributed by atoms with van der Waals surface area (Å²) >= 11 is 1.46. The molecule has 40 heavy (non-hydrogen) atoms. The van der Waals surface area contributed by atoms with E-state index in [2.05, 4.69) is 39.8 Å². The van der Waals surface area contributed by atoms with Crippen molar-refractivity contribution in [2.24, 2.45) is 10.9 Å². The second-order valence-corrected chi connectivity index (χ2v) is 11.9. The number of thioether (sulfide) groups is 1. The number of rotatable bonds is 7. The van der Waals surface area contributed by atoms with Crippen molar-refractivity contribution in [2.45, 2.75) is 66.0 Å². The molecule has 5 nitrogen and oxygen atoms in total. The normalized spacial score (nSPS) is 21.3. The minimum absolute atomic E-state index is 0.0306. The number of aryl methyl sites for hydroxylation is 3. The molecule has 0 radical (unpaired) electrons. The summed E-state index contributed by atoms with van der Waals surface area (Å²) in [7, 11) is 1.65. The third-order valence-electron chi connectivity index (χ3n) is 7.91. The van der Waals surface area contributed by atoms with Crippen molar-refractivity contribution < 1.29 is 14.3 Å². The standard InChI is InChI=1S/C34H38N2O3S/c1-22-17-24(3)28(25(4)18-22)21-39-30-16-15-26(19-31(30)38-5)20-32-33(37)36(29-14-10-9-11-23(29)2)34(40-32)35-27-12-7-6-8-13-27/h6-8,12-13,15-20,23,29H,9-11,14,21H2,1-5H3/b32-20-,35-34?/t23-,29-/m1/s1. The van der Waals surface area contributed by atoms with Gasteiger partial charge in [0.15, 0.2) is 16.7 Å². The number of carbonyl (C=O) groups excluding carboxylic acids is 1. The molecule has 5 rings (SSSR count). The molecule has 1 saturated heterocycles. The van der Waals surface area contributed by atoms with Crippen LogP contribution in [0, 0.1) is 26.7 Å². The van der Waals surface area contributed by atoms with Crippen LogP contribution in [-0.4, -0.2) is 29.1 Å². The van der Waals surface area contributed by atoms with Crippen LogP contribution in [0.15, 0.2) is 70.6 Å². The highest BCUT2D eigenvalue weighted by Crippen LogP contribution is 2.41. The largest absolute Gasteiger partial charge is 0.493 e. The fourth-order valence-corrected chi connectivity index (χ4v) is 6.83. The average molecular weight is 555 g/mol. The first-order valence-electron chi connectivity index (χ1n) is 14.1. The number of hydrogen-bond donors (Lipinski definition) is 0. The van der Waals surface area contributed by atoms with Gasteiger partial charge >= 0.3 is 0 Å². The monoisotopic (exact) mass is 554 g/mol. The molecule has 6 heteroatoms. The predicted octanol–water partition coefficient (Wildman–Crippen LogP) is 8.38. The number of carbonyl (C=O) groups is 1. The minimum atomic E-state index is 0.0306. The van der Waals surface area contributed by atoms with Crippen LogP contribution in [0.1, 0.15) is 60.4 Å². The number of aliphatic imine (C=N–C) groups is 1. The Labute approximate surface area is 242 Å². The molecule has 2 atom stereocenters. The summed E-state index contributed by atoms with van der Waals surface area (Å²) in [5.41, 5.74) is 6.63. The highest BCUT2D eigenvalue weighted by atomic mass is 32.2. The van der Waals surface area contributed by atoms with Gasteiger partial charge < -0.3 is 9.47 Å². The zero-order valence-corrected chi connectivity index (χ0v) is 24.9. The molecular formula is C34H38N2O3S. The molecule has 1 aliphatic carbocycles. The number of benzene rings is 3. The molecule has 1 aliphatic heterocycles. The number of para-hydroxylation sites is 1. The Kier molecular flexibility index (Phi) is 8.65. The van der Waals surface area contributed by atoms with E-state index in [9.17, 15) is 4.79 Å². The van der Waals surface area contributed by atoms with Crippen LogP contribution in [0.25, 0.3) is 6.08 Å². The Morgan fingerprint density at radius 2 is 1.70 bits per heavy atom. The summed E-state index contributed by atoms with van der Waals surface area (Å²) in [5.74, 6) is 1.79. The molecule has 1 saturated carbocycles. The van der Waals surface area contributed by atoms with Crippen LogP contribution in [0.4, 0.5) is 5.69 Å². The molecule has 0 bridgehead atoms. The highest BCUT2D eigenvalue weighted by molar-refractivity contribution is 8.18. The SMILES string of the molecule is COc1cc(/C=C2\SC(=Nc3ccccc3)N([C@@H]3CCCC[C@H]3C)C2=O)ccc1OCc1c(C)cc(C)cc1C. The fraction of sp³-hybridized carbons (Fsp3) is 0.353. The summed E-state index contributed by atoms with van der Waals surface area (Å²) in [6, 6.07) is 20.3. The first kappa shape index (κ1) is 28.0. The van der Waals surface area contributed by atoms with E-state index < -0.39 is 0 Å². The number of ether oxygens (including phenoxy) is 2. The maximum absolute atomic E-state index is 13.8. The second-order valence-electron chi connectivity index (χ2n) is 10.9. The Bertz CT molecular complexity index is 1420. The molecule has 208 valence electrons. The van der Waals surface area contributed by atoms with Crippen LogP contribution in [-0.2, 0) is 11.4 Å². The molecule has 0 aromatic heterocycles. The summed E-state index contributed by atoms with van der Waals surface area (Å²) in [6.07, 6.45) is 6.45. The van der Waals surface area contributed by atoms with Gasteiger partial charge in [0.05, 0.1) is 17.7 Å². The summed E-state index contributed by atoms with van der Waals surface area (Å²) < 4.78 is 11.9. The van der Waals surface area contributed by atoms with E-state index in [1.54, 1.807) is 7.11 Å². The first-order chi connectivity index (χ1) is 19.3. The third-order valence-corrected chi connectivity index (χ3v) is 8.90. The number of amides is 1. The topological polar surface area (TPSA) is 51.1 Å². The smallest absolute Gasteiger partial charge is 0.267 e. The number of amidine groups is 1. The van der Waals surface area contributed by atoms with Crippen LogP contribution in [0.5, 0.6) is 11.5 Å². The first-order valence-corrected chi connectivity index (χ1v) is 14.9. The predicted molar refractivity (Wildman–Crippen MR) is 165 cm³/mol. The maximum Gasteiger partial charge on any atom is 0.267 e. The quantitative estimate of drug-likeness (QED) is 0.275. The number of methoxy groups -OCH3 is 1. The van der Waals surface area contributed by atoms with E-state index in [-0.39, 0.29) is 11.9 Å². The zero-order chi connectivity index (χ0) is 28.2. The average Bonchev–Trinajstić information content (AvgIpc) is 3.23. The second kappa shape index (κ2) is 12.3. The molecule has 3 aromatic rings. The lowest BCUT2D eigenvalue weighted by Crippen LogP contribution is -2.44. The molecule has 2 fully saturated rings. The van der Waals surface area contributed by atoms with E-state index in [1.807, 2.05) is 59.5 Å². The zero-order valence-electron chi connectivity index (χ0n) is 24.1. The van der Waals surface area contributed by atoms with Crippen molar-refractivity contribution >= 4 is 34.6 Å². The highest BCUT2D eigenvalue weighted by Gasteiger charge is 2.41. The Hall–Kier alpha value is -3.51. The Morgan fingerprint density at radius 3 is 2.40 bits per heavy atom. The summed E-state index contributed by atoms with van der Waals surface area (Å²) in [4.78, 5) is 21.4. The molecule has 2 aliphatic rings. The van der Waals surface area contributed by atoms with Gasteiger partial charge in [-0.2, -0.15) is 0 Å². The van der Waals surface area contributed by atoms with Gasteiger partial charge in [-0.15, -0.1) is 0 Å². The van der Waals surface area contributed by atoms with Gasteiger partial charge in [-0.25, -0.2) is 4.99 Å². The van der Waals surface area contributed by atoms with Gasteiger partial charge in [0, 0.05) is 6.04 Å². The van der Waals surface area contributed by atoms with E-state index in [0.717, 1.165) is 35.7 Å². The molecule has 0 spiro atoms. The summed E-state index contributed by atoms with van der Waals surface area (Å²) in [5, 5.41) is 0.761. The fourth-order valence-electron chi connectivity index (χ4n) is 5.78. The molecular weight excluding hydrogens is 516 g/mol. The Morgan fingerprint density at radius 1 is 0.975 bits per heavy atom. The van der Waals surface area contributed by atoms with Crippen molar-refractivity contribution in [1.29, 1.82) is 0 Å². The number of nitrogens with zero attached hydrogens (tertiary/aromatic N) is 2. The van der Waals surface area contributed by atoms with E-state index in [1.165, 1.54) is 40.4 Å². The van der Waals surface area contributed by atoms with Crippen LogP contribution < -0.4 is 9.47 Å². The lowest BCUT2D eigenvalue weighted by Gasteiger charge is -2.35. The maximum atomic E-state index is 13.8.